The molecule has 0 saturated carbocycles. The summed E-state index contributed by atoms with van der Waals surface area (Å²) in [7, 11) is -6.90. The number of rotatable bonds is 3. The number of nitrogens with zero attached hydrogens (tertiary/aromatic N) is 2. The molecule has 1 unspecified atom stereocenters. The van der Waals surface area contributed by atoms with Gasteiger partial charge >= 0.3 is 0 Å². The van der Waals surface area contributed by atoms with Gasteiger partial charge in [-0.3, -0.25) is 4.79 Å². The van der Waals surface area contributed by atoms with Crippen LogP contribution in [0.5, 0.6) is 0 Å². The lowest BCUT2D eigenvalue weighted by molar-refractivity contribution is 0.0697. The van der Waals surface area contributed by atoms with E-state index in [0.29, 0.717) is 18.7 Å². The fraction of sp³-hybridized carbons (Fsp3) is 0.632. The number of hydrogen-bond acceptors (Lipinski definition) is 5. The van der Waals surface area contributed by atoms with Gasteiger partial charge in [0.2, 0.25) is 10.0 Å². The molecule has 1 amide bonds. The number of sulfonamides is 1. The SMILES string of the molecule is O=C(c1ccc2c(c1)CCCC2)N1CCN(S(=O)(=O)C2CCS(=O)(=O)C2)CC1. The average molecular weight is 427 g/mol. The average Bonchev–Trinajstić information content (AvgIpc) is 3.07. The Morgan fingerprint density at radius 1 is 1.00 bits per heavy atom. The lowest BCUT2D eigenvalue weighted by atomic mass is 9.90. The fourth-order valence-electron chi connectivity index (χ4n) is 4.40. The molecular weight excluding hydrogens is 400 g/mol. The minimum Gasteiger partial charge on any atom is -0.336 e. The first-order valence-corrected chi connectivity index (χ1v) is 13.2. The number of benzene rings is 1. The van der Waals surface area contributed by atoms with Crippen molar-refractivity contribution in [2.24, 2.45) is 0 Å². The van der Waals surface area contributed by atoms with Gasteiger partial charge in [-0.05, 0) is 55.4 Å². The molecule has 9 heteroatoms. The highest BCUT2D eigenvalue weighted by Gasteiger charge is 2.41. The molecule has 0 radical (unpaired) electrons. The Morgan fingerprint density at radius 2 is 1.68 bits per heavy atom. The van der Waals surface area contributed by atoms with Gasteiger partial charge in [0.05, 0.1) is 16.8 Å². The van der Waals surface area contributed by atoms with Crippen molar-refractivity contribution in [2.45, 2.75) is 37.4 Å². The van der Waals surface area contributed by atoms with Crippen molar-refractivity contribution >= 4 is 25.8 Å². The third kappa shape index (κ3) is 3.84. The van der Waals surface area contributed by atoms with E-state index in [-0.39, 0.29) is 36.9 Å². The van der Waals surface area contributed by atoms with E-state index >= 15 is 0 Å². The minimum atomic E-state index is -3.64. The van der Waals surface area contributed by atoms with E-state index in [9.17, 15) is 21.6 Å². The maximum atomic E-state index is 12.9. The number of piperazine rings is 1. The molecule has 1 aromatic carbocycles. The monoisotopic (exact) mass is 426 g/mol. The van der Waals surface area contributed by atoms with Crippen LogP contribution in [0.2, 0.25) is 0 Å². The number of amides is 1. The number of hydrogen-bond donors (Lipinski definition) is 0. The zero-order valence-corrected chi connectivity index (χ0v) is 17.5. The first-order valence-electron chi connectivity index (χ1n) is 9.87. The van der Waals surface area contributed by atoms with Crippen molar-refractivity contribution in [3.05, 3.63) is 34.9 Å². The zero-order valence-electron chi connectivity index (χ0n) is 15.8. The summed E-state index contributed by atoms with van der Waals surface area (Å²) < 4.78 is 50.1. The van der Waals surface area contributed by atoms with Crippen LogP contribution in [0.4, 0.5) is 0 Å². The van der Waals surface area contributed by atoms with Crippen LogP contribution in [0.25, 0.3) is 0 Å². The zero-order chi connectivity index (χ0) is 19.9. The van der Waals surface area contributed by atoms with Crippen molar-refractivity contribution in [3.8, 4) is 0 Å². The largest absolute Gasteiger partial charge is 0.336 e. The van der Waals surface area contributed by atoms with E-state index in [2.05, 4.69) is 0 Å². The van der Waals surface area contributed by atoms with Crippen molar-refractivity contribution in [2.75, 3.05) is 37.7 Å². The van der Waals surface area contributed by atoms with Crippen LogP contribution in [0, 0.1) is 0 Å². The molecule has 3 aliphatic rings. The normalized spacial score (nSPS) is 25.4. The van der Waals surface area contributed by atoms with Crippen molar-refractivity contribution < 1.29 is 21.6 Å². The Bertz CT molecular complexity index is 980. The van der Waals surface area contributed by atoms with E-state index in [0.717, 1.165) is 19.3 Å². The first-order chi connectivity index (χ1) is 13.3. The molecule has 154 valence electrons. The summed E-state index contributed by atoms with van der Waals surface area (Å²) in [4.78, 5) is 14.6. The Labute approximate surface area is 166 Å². The van der Waals surface area contributed by atoms with Crippen molar-refractivity contribution in [3.63, 3.8) is 0 Å². The maximum Gasteiger partial charge on any atom is 0.253 e. The predicted octanol–water partition coefficient (Wildman–Crippen LogP) is 0.840. The second-order valence-electron chi connectivity index (χ2n) is 7.95. The topological polar surface area (TPSA) is 91.8 Å². The summed E-state index contributed by atoms with van der Waals surface area (Å²) >= 11 is 0. The standard InChI is InChI=1S/C19H26N2O5S2/c22-19(17-6-5-15-3-1-2-4-16(15)13-17)20-8-10-21(11-9-20)28(25,26)18-7-12-27(23,24)14-18/h5-6,13,18H,1-4,7-12,14H2. The molecule has 0 N–H and O–H groups in total. The van der Waals surface area contributed by atoms with E-state index < -0.39 is 25.1 Å². The Balaban J connectivity index is 1.41. The van der Waals surface area contributed by atoms with Crippen LogP contribution in [0.1, 0.15) is 40.7 Å². The van der Waals surface area contributed by atoms with Gasteiger partial charge in [-0.2, -0.15) is 4.31 Å². The molecule has 2 aliphatic heterocycles. The van der Waals surface area contributed by atoms with Gasteiger partial charge in [0.1, 0.15) is 0 Å². The lowest BCUT2D eigenvalue weighted by Gasteiger charge is -2.35. The number of carbonyl (C=O) groups excluding carboxylic acids is 1. The molecule has 1 aliphatic carbocycles. The van der Waals surface area contributed by atoms with Gasteiger partial charge in [-0.25, -0.2) is 16.8 Å². The summed E-state index contributed by atoms with van der Waals surface area (Å²) in [5.41, 5.74) is 3.24. The molecule has 0 bridgehead atoms. The lowest BCUT2D eigenvalue weighted by Crippen LogP contribution is -2.52. The van der Waals surface area contributed by atoms with Crippen LogP contribution in [-0.2, 0) is 32.7 Å². The first kappa shape index (κ1) is 19.8. The second kappa shape index (κ2) is 7.42. The molecule has 2 fully saturated rings. The molecule has 1 aromatic rings. The van der Waals surface area contributed by atoms with E-state index in [1.165, 1.54) is 21.9 Å². The van der Waals surface area contributed by atoms with Crippen LogP contribution >= 0.6 is 0 Å². The number of carbonyl (C=O) groups is 1. The van der Waals surface area contributed by atoms with Gasteiger partial charge in [0.25, 0.3) is 5.91 Å². The highest BCUT2D eigenvalue weighted by atomic mass is 32.2. The van der Waals surface area contributed by atoms with E-state index in [1.54, 1.807) is 4.90 Å². The van der Waals surface area contributed by atoms with Gasteiger partial charge in [-0.15, -0.1) is 0 Å². The second-order valence-corrected chi connectivity index (χ2v) is 12.4. The van der Waals surface area contributed by atoms with Gasteiger partial charge in [-0.1, -0.05) is 6.07 Å². The number of aryl methyl sites for hydroxylation is 2. The summed E-state index contributed by atoms with van der Waals surface area (Å²) in [6, 6.07) is 5.91. The molecule has 28 heavy (non-hydrogen) atoms. The number of sulfone groups is 1. The highest BCUT2D eigenvalue weighted by molar-refractivity contribution is 7.95. The predicted molar refractivity (Wildman–Crippen MR) is 107 cm³/mol. The molecule has 0 aromatic heterocycles. The van der Waals surface area contributed by atoms with Crippen molar-refractivity contribution in [1.82, 2.24) is 9.21 Å². The summed E-state index contributed by atoms with van der Waals surface area (Å²) in [6.07, 6.45) is 4.58. The maximum absolute atomic E-state index is 12.9. The third-order valence-corrected chi connectivity index (χ3v) is 10.4. The van der Waals surface area contributed by atoms with Crippen LogP contribution in [-0.4, -0.2) is 74.9 Å². The van der Waals surface area contributed by atoms with Gasteiger partial charge < -0.3 is 4.90 Å². The van der Waals surface area contributed by atoms with Crippen LogP contribution < -0.4 is 0 Å². The summed E-state index contributed by atoms with van der Waals surface area (Å²) in [5.74, 6) is -0.411. The number of fused-ring (bicyclic) bond motifs is 1. The smallest absolute Gasteiger partial charge is 0.253 e. The molecule has 0 spiro atoms. The Hall–Kier alpha value is -1.45. The molecular formula is C19H26N2O5S2. The summed E-state index contributed by atoms with van der Waals surface area (Å²) in [5, 5.41) is -0.847. The Kier molecular flexibility index (Phi) is 5.26. The van der Waals surface area contributed by atoms with E-state index in [1.807, 2.05) is 18.2 Å². The minimum absolute atomic E-state index is 0.0612. The van der Waals surface area contributed by atoms with Crippen LogP contribution in [0.3, 0.4) is 0 Å². The summed E-state index contributed by atoms with van der Waals surface area (Å²) in [6.45, 7) is 1.09. The van der Waals surface area contributed by atoms with E-state index in [4.69, 9.17) is 0 Å². The molecule has 2 heterocycles. The van der Waals surface area contributed by atoms with Crippen molar-refractivity contribution in [1.29, 1.82) is 0 Å². The fourth-order valence-corrected chi connectivity index (χ4v) is 8.91. The van der Waals surface area contributed by atoms with Crippen LogP contribution in [0.15, 0.2) is 18.2 Å². The van der Waals surface area contributed by atoms with Gasteiger partial charge in [0, 0.05) is 31.7 Å². The Morgan fingerprint density at radius 3 is 2.32 bits per heavy atom. The van der Waals surface area contributed by atoms with Gasteiger partial charge in [0.15, 0.2) is 9.84 Å². The molecule has 4 rings (SSSR count). The molecule has 2 saturated heterocycles. The molecule has 7 nitrogen and oxygen atoms in total. The quantitative estimate of drug-likeness (QED) is 0.714. The highest BCUT2D eigenvalue weighted by Crippen LogP contribution is 2.25. The third-order valence-electron chi connectivity index (χ3n) is 6.09. The molecule has 1 atom stereocenters.